The molecule has 0 fully saturated rings. The maximum Gasteiger partial charge on any atom is 0.191 e. The highest BCUT2D eigenvalue weighted by Crippen LogP contribution is 2.13. The highest BCUT2D eigenvalue weighted by atomic mass is 16.5. The topological polar surface area (TPSA) is 54.9 Å². The lowest BCUT2D eigenvalue weighted by molar-refractivity contribution is 0.145. The minimum Gasteiger partial charge on any atom is -0.494 e. The van der Waals surface area contributed by atoms with Crippen LogP contribution in [0.25, 0.3) is 0 Å². The van der Waals surface area contributed by atoms with Gasteiger partial charge in [-0.2, -0.15) is 0 Å². The second-order valence-electron chi connectivity index (χ2n) is 5.25. The number of benzene rings is 1. The van der Waals surface area contributed by atoms with E-state index in [0.717, 1.165) is 63.9 Å². The summed E-state index contributed by atoms with van der Waals surface area (Å²) >= 11 is 0. The fourth-order valence-corrected chi connectivity index (χ4v) is 2.01. The molecule has 0 bridgehead atoms. The molecule has 0 aliphatic heterocycles. The average molecular weight is 321 g/mol. The van der Waals surface area contributed by atoms with Crippen LogP contribution in [0.4, 0.5) is 0 Å². The van der Waals surface area contributed by atoms with Crippen molar-refractivity contribution in [2.24, 2.45) is 4.99 Å². The molecule has 23 heavy (non-hydrogen) atoms. The summed E-state index contributed by atoms with van der Waals surface area (Å²) in [5.74, 6) is 1.73. The van der Waals surface area contributed by atoms with Gasteiger partial charge in [-0.05, 0) is 37.5 Å². The molecule has 2 N–H and O–H groups in total. The van der Waals surface area contributed by atoms with Crippen molar-refractivity contribution < 1.29 is 9.47 Å². The summed E-state index contributed by atoms with van der Waals surface area (Å²) in [6.07, 6.45) is 3.20. The lowest BCUT2D eigenvalue weighted by Crippen LogP contribution is -2.37. The summed E-state index contributed by atoms with van der Waals surface area (Å²) in [5, 5.41) is 6.60. The van der Waals surface area contributed by atoms with E-state index >= 15 is 0 Å². The van der Waals surface area contributed by atoms with Crippen molar-refractivity contribution in [2.75, 3.05) is 33.4 Å². The van der Waals surface area contributed by atoms with Gasteiger partial charge in [0, 0.05) is 33.4 Å². The standard InChI is InChI=1S/C18H31N3O2/c1-4-6-13-23-17-10-7-9-16(14-17)15-21-18(19-3)20-11-8-12-22-5-2/h7,9-10,14H,4-6,8,11-13,15H2,1-3H3,(H2,19,20,21). The lowest BCUT2D eigenvalue weighted by Gasteiger charge is -2.13. The molecule has 0 atom stereocenters. The normalized spacial score (nSPS) is 11.3. The molecule has 0 aliphatic rings. The quantitative estimate of drug-likeness (QED) is 0.374. The minimum absolute atomic E-state index is 0.718. The van der Waals surface area contributed by atoms with Crippen LogP contribution in [-0.4, -0.2) is 39.4 Å². The van der Waals surface area contributed by atoms with E-state index in [2.05, 4.69) is 34.7 Å². The van der Waals surface area contributed by atoms with Crippen LogP contribution in [0.2, 0.25) is 0 Å². The first kappa shape index (κ1) is 19.3. The first-order chi connectivity index (χ1) is 11.3. The minimum atomic E-state index is 0.718. The molecule has 0 unspecified atom stereocenters. The second kappa shape index (κ2) is 12.8. The van der Waals surface area contributed by atoms with Gasteiger partial charge >= 0.3 is 0 Å². The Balaban J connectivity index is 2.32. The van der Waals surface area contributed by atoms with Crippen molar-refractivity contribution in [3.8, 4) is 5.75 Å². The third-order valence-corrected chi connectivity index (χ3v) is 3.31. The summed E-state index contributed by atoms with van der Waals surface area (Å²) in [7, 11) is 1.78. The van der Waals surface area contributed by atoms with Crippen LogP contribution in [0.1, 0.15) is 38.7 Å². The van der Waals surface area contributed by atoms with Gasteiger partial charge in [-0.25, -0.2) is 0 Å². The van der Waals surface area contributed by atoms with Crippen LogP contribution in [0.5, 0.6) is 5.75 Å². The number of ether oxygens (including phenoxy) is 2. The highest BCUT2D eigenvalue weighted by molar-refractivity contribution is 5.79. The van der Waals surface area contributed by atoms with E-state index in [9.17, 15) is 0 Å². The number of guanidine groups is 1. The summed E-state index contributed by atoms with van der Waals surface area (Å²) < 4.78 is 11.1. The molecule has 0 aromatic heterocycles. The molecule has 1 rings (SSSR count). The van der Waals surface area contributed by atoms with Crippen LogP contribution in [0, 0.1) is 0 Å². The van der Waals surface area contributed by atoms with Gasteiger partial charge in [0.15, 0.2) is 5.96 Å². The van der Waals surface area contributed by atoms with Crippen LogP contribution < -0.4 is 15.4 Å². The monoisotopic (exact) mass is 321 g/mol. The van der Waals surface area contributed by atoms with Gasteiger partial charge in [0.2, 0.25) is 0 Å². The second-order valence-corrected chi connectivity index (χ2v) is 5.25. The van der Waals surface area contributed by atoms with E-state index in [1.807, 2.05) is 19.1 Å². The molecule has 0 spiro atoms. The SMILES string of the molecule is CCCCOc1cccc(CNC(=NC)NCCCOCC)c1. The number of nitrogens with one attached hydrogen (secondary N) is 2. The van der Waals surface area contributed by atoms with E-state index in [1.54, 1.807) is 7.05 Å². The fraction of sp³-hybridized carbons (Fsp3) is 0.611. The number of unbranched alkanes of at least 4 members (excludes halogenated alkanes) is 1. The largest absolute Gasteiger partial charge is 0.494 e. The smallest absolute Gasteiger partial charge is 0.191 e. The molecule has 1 aromatic rings. The first-order valence-electron chi connectivity index (χ1n) is 8.54. The number of aliphatic imine (C=N–C) groups is 1. The molecule has 0 radical (unpaired) electrons. The molecule has 130 valence electrons. The van der Waals surface area contributed by atoms with Gasteiger partial charge in [0.25, 0.3) is 0 Å². The van der Waals surface area contributed by atoms with Crippen molar-refractivity contribution in [1.82, 2.24) is 10.6 Å². The number of nitrogens with zero attached hydrogens (tertiary/aromatic N) is 1. The van der Waals surface area contributed by atoms with Crippen LogP contribution in [0.3, 0.4) is 0 Å². The molecule has 0 saturated heterocycles. The van der Waals surface area contributed by atoms with Crippen molar-refractivity contribution >= 4 is 5.96 Å². The van der Waals surface area contributed by atoms with Crippen LogP contribution in [0.15, 0.2) is 29.3 Å². The zero-order valence-electron chi connectivity index (χ0n) is 14.7. The van der Waals surface area contributed by atoms with E-state index in [-0.39, 0.29) is 0 Å². The summed E-state index contributed by atoms with van der Waals surface area (Å²) in [6.45, 7) is 8.05. The van der Waals surface area contributed by atoms with E-state index in [4.69, 9.17) is 9.47 Å². The van der Waals surface area contributed by atoms with Crippen molar-refractivity contribution in [1.29, 1.82) is 0 Å². The van der Waals surface area contributed by atoms with Crippen LogP contribution in [-0.2, 0) is 11.3 Å². The molecule has 5 heteroatoms. The molecule has 0 amide bonds. The van der Waals surface area contributed by atoms with E-state index < -0.39 is 0 Å². The molecular formula is C18H31N3O2. The van der Waals surface area contributed by atoms with E-state index in [1.165, 1.54) is 5.56 Å². The van der Waals surface area contributed by atoms with Gasteiger partial charge in [-0.15, -0.1) is 0 Å². The Kier molecular flexibility index (Phi) is 10.7. The Morgan fingerprint density at radius 2 is 2.00 bits per heavy atom. The Morgan fingerprint density at radius 3 is 2.74 bits per heavy atom. The van der Waals surface area contributed by atoms with Gasteiger partial charge in [-0.3, -0.25) is 4.99 Å². The average Bonchev–Trinajstić information content (AvgIpc) is 2.58. The number of hydrogen-bond acceptors (Lipinski definition) is 3. The maximum absolute atomic E-state index is 5.74. The molecular weight excluding hydrogens is 290 g/mol. The number of hydrogen-bond donors (Lipinski definition) is 2. The van der Waals surface area contributed by atoms with Crippen molar-refractivity contribution in [2.45, 2.75) is 39.7 Å². The fourth-order valence-electron chi connectivity index (χ4n) is 2.01. The predicted octanol–water partition coefficient (Wildman–Crippen LogP) is 2.96. The first-order valence-corrected chi connectivity index (χ1v) is 8.54. The zero-order valence-corrected chi connectivity index (χ0v) is 14.7. The third-order valence-electron chi connectivity index (χ3n) is 3.31. The Morgan fingerprint density at radius 1 is 1.13 bits per heavy atom. The lowest BCUT2D eigenvalue weighted by atomic mass is 10.2. The molecule has 1 aromatic carbocycles. The maximum atomic E-state index is 5.74. The number of rotatable bonds is 11. The van der Waals surface area contributed by atoms with Gasteiger partial charge in [-0.1, -0.05) is 25.5 Å². The molecule has 0 heterocycles. The zero-order chi connectivity index (χ0) is 16.8. The predicted molar refractivity (Wildman–Crippen MR) is 96.2 cm³/mol. The summed E-state index contributed by atoms with van der Waals surface area (Å²) in [5.41, 5.74) is 1.18. The third kappa shape index (κ3) is 9.08. The molecule has 0 saturated carbocycles. The van der Waals surface area contributed by atoms with Crippen molar-refractivity contribution in [3.05, 3.63) is 29.8 Å². The van der Waals surface area contributed by atoms with E-state index in [0.29, 0.717) is 0 Å². The summed E-state index contributed by atoms with van der Waals surface area (Å²) in [4.78, 5) is 4.23. The Labute approximate surface area is 140 Å². The molecule has 0 aliphatic carbocycles. The molecule has 5 nitrogen and oxygen atoms in total. The van der Waals surface area contributed by atoms with Crippen LogP contribution >= 0.6 is 0 Å². The Bertz CT molecular complexity index is 450. The van der Waals surface area contributed by atoms with Gasteiger partial charge in [0.05, 0.1) is 6.61 Å². The van der Waals surface area contributed by atoms with Gasteiger partial charge in [0.1, 0.15) is 5.75 Å². The summed E-state index contributed by atoms with van der Waals surface area (Å²) in [6, 6.07) is 8.18. The highest BCUT2D eigenvalue weighted by Gasteiger charge is 2.00. The Hall–Kier alpha value is -1.75. The van der Waals surface area contributed by atoms with Crippen molar-refractivity contribution in [3.63, 3.8) is 0 Å². The van der Waals surface area contributed by atoms with Gasteiger partial charge < -0.3 is 20.1 Å².